The summed E-state index contributed by atoms with van der Waals surface area (Å²) in [5, 5.41) is 5.99. The van der Waals surface area contributed by atoms with Gasteiger partial charge in [0.05, 0.1) is 6.54 Å². The van der Waals surface area contributed by atoms with Gasteiger partial charge in [0.25, 0.3) is 0 Å². The van der Waals surface area contributed by atoms with Crippen LogP contribution >= 0.6 is 0 Å². The highest BCUT2D eigenvalue weighted by Crippen LogP contribution is 2.20. The number of carbonyl (C=O) groups is 1. The fraction of sp³-hybridized carbons (Fsp3) is 0.474. The Morgan fingerprint density at radius 2 is 1.89 bits per heavy atom. The van der Waals surface area contributed by atoms with Gasteiger partial charge < -0.3 is 16.4 Å². The quantitative estimate of drug-likeness (QED) is 0.696. The van der Waals surface area contributed by atoms with E-state index in [9.17, 15) is 9.18 Å². The lowest BCUT2D eigenvalue weighted by atomic mass is 9.95. The average molecular weight is 387 g/mol. The summed E-state index contributed by atoms with van der Waals surface area (Å²) in [6.45, 7) is 6.06. The number of hydrogen-bond acceptors (Lipinski definition) is 7. The van der Waals surface area contributed by atoms with Gasteiger partial charge in [0.1, 0.15) is 11.6 Å². The van der Waals surface area contributed by atoms with Crippen molar-refractivity contribution in [3.8, 4) is 0 Å². The van der Waals surface area contributed by atoms with Gasteiger partial charge in [-0.2, -0.15) is 15.0 Å². The molecule has 2 heterocycles. The minimum Gasteiger partial charge on any atom is -0.368 e. The van der Waals surface area contributed by atoms with E-state index in [0.717, 1.165) is 25.9 Å². The summed E-state index contributed by atoms with van der Waals surface area (Å²) in [4.78, 5) is 27.1. The second-order valence-corrected chi connectivity index (χ2v) is 7.28. The molecule has 0 spiro atoms. The molecule has 3 rings (SSSR count). The highest BCUT2D eigenvalue weighted by Gasteiger charge is 2.25. The lowest BCUT2D eigenvalue weighted by Gasteiger charge is -2.31. The monoisotopic (exact) mass is 387 g/mol. The molecule has 1 aromatic heterocycles. The van der Waals surface area contributed by atoms with E-state index in [4.69, 9.17) is 5.73 Å². The highest BCUT2D eigenvalue weighted by molar-refractivity contribution is 5.78. The summed E-state index contributed by atoms with van der Waals surface area (Å²) in [6, 6.07) is 6.07. The Morgan fingerprint density at radius 3 is 2.54 bits per heavy atom. The number of halogens is 1. The highest BCUT2D eigenvalue weighted by atomic mass is 19.1. The van der Waals surface area contributed by atoms with E-state index in [-0.39, 0.29) is 29.6 Å². The van der Waals surface area contributed by atoms with Crippen molar-refractivity contribution in [2.24, 2.45) is 5.92 Å². The van der Waals surface area contributed by atoms with Crippen molar-refractivity contribution in [3.05, 3.63) is 35.9 Å². The number of benzene rings is 1. The first kappa shape index (κ1) is 19.9. The smallest absolute Gasteiger partial charge is 0.232 e. The van der Waals surface area contributed by atoms with E-state index in [0.29, 0.717) is 24.0 Å². The predicted octanol–water partition coefficient (Wildman–Crippen LogP) is 2.07. The lowest BCUT2D eigenvalue weighted by molar-refractivity contribution is -0.127. The number of carbonyl (C=O) groups excluding carboxylic acids is 1. The van der Waals surface area contributed by atoms with Crippen molar-refractivity contribution in [1.82, 2.24) is 25.2 Å². The van der Waals surface area contributed by atoms with E-state index >= 15 is 0 Å². The average Bonchev–Trinajstić information content (AvgIpc) is 2.63. The third kappa shape index (κ3) is 5.59. The fourth-order valence-corrected chi connectivity index (χ4v) is 3.18. The van der Waals surface area contributed by atoms with E-state index in [2.05, 4.69) is 30.5 Å². The molecule has 4 N–H and O–H groups in total. The van der Waals surface area contributed by atoms with Crippen LogP contribution in [0.5, 0.6) is 0 Å². The van der Waals surface area contributed by atoms with Gasteiger partial charge in [-0.05, 0) is 64.0 Å². The molecule has 0 saturated carbocycles. The largest absolute Gasteiger partial charge is 0.368 e. The van der Waals surface area contributed by atoms with Crippen LogP contribution in [-0.2, 0) is 11.3 Å². The third-order valence-corrected chi connectivity index (χ3v) is 4.55. The number of likely N-dealkylation sites (tertiary alicyclic amines) is 1. The third-order valence-electron chi connectivity index (χ3n) is 4.55. The summed E-state index contributed by atoms with van der Waals surface area (Å²) in [6.07, 6.45) is 1.61. The number of nitrogen functional groups attached to an aromatic ring is 1. The normalized spacial score (nSPS) is 15.6. The van der Waals surface area contributed by atoms with E-state index in [1.807, 2.05) is 13.8 Å². The number of anilines is 3. The van der Waals surface area contributed by atoms with Gasteiger partial charge >= 0.3 is 0 Å². The molecular weight excluding hydrogens is 361 g/mol. The molecule has 1 aromatic carbocycles. The van der Waals surface area contributed by atoms with Crippen LogP contribution in [0.15, 0.2) is 24.3 Å². The van der Waals surface area contributed by atoms with Crippen LogP contribution < -0.4 is 16.4 Å². The zero-order chi connectivity index (χ0) is 20.1. The van der Waals surface area contributed by atoms with Gasteiger partial charge in [0, 0.05) is 17.6 Å². The van der Waals surface area contributed by atoms with Crippen LogP contribution in [0.25, 0.3) is 0 Å². The number of nitrogens with one attached hydrogen (secondary N) is 2. The molecule has 1 aliphatic heterocycles. The number of rotatable bonds is 6. The first-order chi connectivity index (χ1) is 13.4. The summed E-state index contributed by atoms with van der Waals surface area (Å²) in [5.41, 5.74) is 6.48. The van der Waals surface area contributed by atoms with Gasteiger partial charge in [0.2, 0.25) is 17.8 Å². The summed E-state index contributed by atoms with van der Waals surface area (Å²) >= 11 is 0. The van der Waals surface area contributed by atoms with E-state index in [1.165, 1.54) is 12.1 Å². The lowest BCUT2D eigenvalue weighted by Crippen LogP contribution is -2.42. The number of piperidine rings is 1. The summed E-state index contributed by atoms with van der Waals surface area (Å²) in [5.74, 6) is 0.873. The van der Waals surface area contributed by atoms with Crippen LogP contribution in [0.3, 0.4) is 0 Å². The Bertz CT molecular complexity index is 804. The zero-order valence-corrected chi connectivity index (χ0v) is 16.2. The molecule has 2 aromatic rings. The Hall–Kier alpha value is -2.81. The van der Waals surface area contributed by atoms with Gasteiger partial charge in [-0.3, -0.25) is 9.69 Å². The molecule has 0 bridgehead atoms. The Balaban J connectivity index is 1.58. The molecule has 0 unspecified atom stereocenters. The van der Waals surface area contributed by atoms with Crippen molar-refractivity contribution in [1.29, 1.82) is 0 Å². The van der Waals surface area contributed by atoms with Crippen LogP contribution in [0.2, 0.25) is 0 Å². The number of nitrogens with two attached hydrogens (primary N) is 1. The minimum atomic E-state index is -0.313. The molecule has 150 valence electrons. The van der Waals surface area contributed by atoms with Gasteiger partial charge in [-0.1, -0.05) is 0 Å². The van der Waals surface area contributed by atoms with Crippen molar-refractivity contribution in [3.63, 3.8) is 0 Å². The molecular formula is C19H26FN7O. The van der Waals surface area contributed by atoms with Crippen molar-refractivity contribution in [2.45, 2.75) is 39.3 Å². The summed E-state index contributed by atoms with van der Waals surface area (Å²) < 4.78 is 13.0. The molecule has 1 fully saturated rings. The maximum atomic E-state index is 13.0. The van der Waals surface area contributed by atoms with Gasteiger partial charge in [-0.25, -0.2) is 4.39 Å². The van der Waals surface area contributed by atoms with Crippen LogP contribution in [-0.4, -0.2) is 44.9 Å². The summed E-state index contributed by atoms with van der Waals surface area (Å²) in [7, 11) is 0. The van der Waals surface area contributed by atoms with Crippen LogP contribution in [0.4, 0.5) is 22.0 Å². The molecule has 9 heteroatoms. The second kappa shape index (κ2) is 8.92. The molecule has 0 aliphatic carbocycles. The number of hydrogen-bond donors (Lipinski definition) is 3. The number of amides is 1. The topological polar surface area (TPSA) is 109 Å². The molecule has 8 nitrogen and oxygen atoms in total. The minimum absolute atomic E-state index is 0.0535. The molecule has 0 radical (unpaired) electrons. The SMILES string of the molecule is CC(C)NC(=O)C1CCN(Cc2nc(N)nc(Nc3ccc(F)cc3)n2)CC1. The molecule has 1 aliphatic rings. The van der Waals surface area contributed by atoms with Crippen molar-refractivity contribution >= 4 is 23.5 Å². The van der Waals surface area contributed by atoms with E-state index in [1.54, 1.807) is 12.1 Å². The molecule has 28 heavy (non-hydrogen) atoms. The Kier molecular flexibility index (Phi) is 6.35. The first-order valence-electron chi connectivity index (χ1n) is 9.45. The standard InChI is InChI=1S/C19H26FN7O/c1-12(2)22-17(28)13-7-9-27(10-8-13)11-16-24-18(21)26-19(25-16)23-15-5-3-14(20)4-6-15/h3-6,12-13H,7-11H2,1-2H3,(H,22,28)(H3,21,23,24,25,26). The second-order valence-electron chi connectivity index (χ2n) is 7.28. The molecule has 0 atom stereocenters. The number of aromatic nitrogens is 3. The molecule has 1 amide bonds. The van der Waals surface area contributed by atoms with Gasteiger partial charge in [0.15, 0.2) is 0 Å². The maximum absolute atomic E-state index is 13.0. The zero-order valence-electron chi connectivity index (χ0n) is 16.2. The van der Waals surface area contributed by atoms with E-state index < -0.39 is 0 Å². The number of nitrogens with zero attached hydrogens (tertiary/aromatic N) is 4. The first-order valence-corrected chi connectivity index (χ1v) is 9.45. The van der Waals surface area contributed by atoms with Crippen molar-refractivity contribution in [2.75, 3.05) is 24.1 Å². The van der Waals surface area contributed by atoms with Crippen LogP contribution in [0, 0.1) is 11.7 Å². The maximum Gasteiger partial charge on any atom is 0.232 e. The van der Waals surface area contributed by atoms with Gasteiger partial charge in [-0.15, -0.1) is 0 Å². The predicted molar refractivity (Wildman–Crippen MR) is 105 cm³/mol. The van der Waals surface area contributed by atoms with Crippen molar-refractivity contribution < 1.29 is 9.18 Å². The van der Waals surface area contributed by atoms with Crippen LogP contribution in [0.1, 0.15) is 32.5 Å². The Morgan fingerprint density at radius 1 is 1.21 bits per heavy atom. The Labute approximate surface area is 163 Å². The fourth-order valence-electron chi connectivity index (χ4n) is 3.18. The molecule has 1 saturated heterocycles.